The summed E-state index contributed by atoms with van der Waals surface area (Å²) in [7, 11) is 0. The van der Waals surface area contributed by atoms with Crippen LogP contribution in [-0.4, -0.2) is 22.1 Å². The fourth-order valence-electron chi connectivity index (χ4n) is 4.11. The van der Waals surface area contributed by atoms with Crippen molar-refractivity contribution in [2.45, 2.75) is 38.5 Å². The first-order valence-corrected chi connectivity index (χ1v) is 9.68. The minimum Gasteiger partial charge on any atom is -0.344 e. The molecule has 0 spiro atoms. The number of hydrogen-bond donors (Lipinski definition) is 1. The Morgan fingerprint density at radius 3 is 2.60 bits per heavy atom. The molecule has 2 aromatic carbocycles. The van der Waals surface area contributed by atoms with Gasteiger partial charge in [0.15, 0.2) is 0 Å². The average Bonchev–Trinajstić information content (AvgIpc) is 3.04. The van der Waals surface area contributed by atoms with Crippen LogP contribution in [0.15, 0.2) is 54.2 Å². The number of imidazole rings is 1. The fraction of sp³-hybridized carbons (Fsp3) is 0.318. The number of aromatic nitrogens is 2. The van der Waals surface area contributed by atoms with E-state index in [-0.39, 0.29) is 30.3 Å². The van der Waals surface area contributed by atoms with Gasteiger partial charge in [-0.3, -0.25) is 0 Å². The number of benzene rings is 2. The lowest BCUT2D eigenvalue weighted by Crippen LogP contribution is -2.41. The van der Waals surface area contributed by atoms with Gasteiger partial charge in [-0.15, -0.1) is 0 Å². The van der Waals surface area contributed by atoms with Crippen molar-refractivity contribution in [2.24, 2.45) is 5.73 Å². The molecule has 158 valence electrons. The lowest BCUT2D eigenvalue weighted by molar-refractivity contribution is -0.147. The van der Waals surface area contributed by atoms with Gasteiger partial charge in [0.2, 0.25) is 5.82 Å². The largest absolute Gasteiger partial charge is 0.449 e. The molecule has 0 saturated carbocycles. The number of rotatable bonds is 4. The van der Waals surface area contributed by atoms with Gasteiger partial charge in [0.25, 0.3) is 0 Å². The lowest BCUT2D eigenvalue weighted by atomic mass is 9.93. The molecule has 0 fully saturated rings. The molecule has 0 radical (unpaired) electrons. The molecule has 1 aromatic heterocycles. The number of allylic oxidation sites excluding steroid dienone is 2. The topological polar surface area (TPSA) is 47.1 Å². The molecule has 4 nitrogen and oxygen atoms in total. The van der Waals surface area contributed by atoms with Crippen LogP contribution in [0.25, 0.3) is 11.0 Å². The minimum atomic E-state index is -4.58. The molecule has 2 atom stereocenters. The van der Waals surface area contributed by atoms with Crippen molar-refractivity contribution in [1.82, 2.24) is 9.55 Å². The molecule has 0 saturated heterocycles. The number of fused-ring (bicyclic) bond motifs is 2. The van der Waals surface area contributed by atoms with Crippen molar-refractivity contribution in [3.05, 3.63) is 71.4 Å². The van der Waals surface area contributed by atoms with Gasteiger partial charge in [0.05, 0.1) is 11.0 Å². The fourth-order valence-corrected chi connectivity index (χ4v) is 4.11. The summed E-state index contributed by atoms with van der Waals surface area (Å²) in [4.78, 5) is 5.71. The second-order valence-electron chi connectivity index (χ2n) is 7.70. The highest BCUT2D eigenvalue weighted by molar-refractivity contribution is 5.76. The lowest BCUT2D eigenvalue weighted by Gasteiger charge is -2.35. The number of hydrogen-bond acceptors (Lipinski definition) is 3. The van der Waals surface area contributed by atoms with Crippen LogP contribution in [0.4, 0.5) is 23.2 Å². The third kappa shape index (κ3) is 3.67. The number of alkyl halides is 3. The zero-order valence-electron chi connectivity index (χ0n) is 16.6. The molecule has 3 aromatic rings. The summed E-state index contributed by atoms with van der Waals surface area (Å²) in [5, 5.41) is 0. The second kappa shape index (κ2) is 7.43. The summed E-state index contributed by atoms with van der Waals surface area (Å²) in [6.07, 6.45) is -2.58. The van der Waals surface area contributed by atoms with Gasteiger partial charge in [-0.25, -0.2) is 9.37 Å². The maximum atomic E-state index is 13.7. The van der Waals surface area contributed by atoms with Crippen LogP contribution in [0.1, 0.15) is 31.2 Å². The van der Waals surface area contributed by atoms with Crippen LogP contribution in [0.2, 0.25) is 0 Å². The Morgan fingerprint density at radius 2 is 1.87 bits per heavy atom. The highest BCUT2D eigenvalue weighted by Crippen LogP contribution is 2.37. The first kappa shape index (κ1) is 20.4. The van der Waals surface area contributed by atoms with E-state index in [1.54, 1.807) is 30.3 Å². The Balaban J connectivity index is 1.65. The van der Waals surface area contributed by atoms with Gasteiger partial charge in [-0.1, -0.05) is 25.1 Å². The smallest absolute Gasteiger partial charge is 0.344 e. The third-order valence-electron chi connectivity index (χ3n) is 5.43. The average molecular weight is 418 g/mol. The highest BCUT2D eigenvalue weighted by Gasteiger charge is 2.38. The third-order valence-corrected chi connectivity index (χ3v) is 5.43. The van der Waals surface area contributed by atoms with Gasteiger partial charge in [-0.2, -0.15) is 13.2 Å². The van der Waals surface area contributed by atoms with E-state index in [2.05, 4.69) is 4.98 Å². The molecule has 2 heterocycles. The molecule has 0 bridgehead atoms. The van der Waals surface area contributed by atoms with Crippen molar-refractivity contribution in [1.29, 1.82) is 0 Å². The molecule has 4 rings (SSSR count). The number of nitrogens with two attached hydrogens (primary N) is 1. The summed E-state index contributed by atoms with van der Waals surface area (Å²) in [5.41, 5.74) is 9.58. The zero-order valence-corrected chi connectivity index (χ0v) is 16.6. The van der Waals surface area contributed by atoms with Crippen LogP contribution in [-0.2, 0) is 12.7 Å². The van der Waals surface area contributed by atoms with Crippen molar-refractivity contribution >= 4 is 16.7 Å². The van der Waals surface area contributed by atoms with E-state index in [0.717, 1.165) is 21.5 Å². The van der Waals surface area contributed by atoms with Crippen LogP contribution < -0.4 is 10.6 Å². The van der Waals surface area contributed by atoms with Crippen molar-refractivity contribution in [2.75, 3.05) is 11.4 Å². The van der Waals surface area contributed by atoms with Crippen LogP contribution >= 0.6 is 0 Å². The van der Waals surface area contributed by atoms with E-state index < -0.39 is 18.0 Å². The predicted octanol–water partition coefficient (Wildman–Crippen LogP) is 5.05. The summed E-state index contributed by atoms with van der Waals surface area (Å²) in [6.45, 7) is 4.14. The summed E-state index contributed by atoms with van der Waals surface area (Å²) < 4.78 is 55.5. The van der Waals surface area contributed by atoms with Gasteiger partial charge in [-0.05, 0) is 42.8 Å². The molecule has 1 aliphatic heterocycles. The standard InChI is InChI=1S/C22H22F4N4/c1-13-9-14(2)29(19-8-7-15(23)10-17(13)19)11-16(27)12-30-20-6-4-3-5-18(20)28-21(30)22(24,25)26/h3-10,13,16H,11-12,27H2,1-2H3. The maximum Gasteiger partial charge on any atom is 0.449 e. The molecule has 30 heavy (non-hydrogen) atoms. The van der Waals surface area contributed by atoms with E-state index in [1.807, 2.05) is 24.8 Å². The van der Waals surface area contributed by atoms with Crippen molar-refractivity contribution < 1.29 is 17.6 Å². The molecular weight excluding hydrogens is 396 g/mol. The molecule has 1 aliphatic rings. The Kier molecular flexibility index (Phi) is 5.05. The van der Waals surface area contributed by atoms with E-state index in [1.165, 1.54) is 12.1 Å². The van der Waals surface area contributed by atoms with Crippen LogP contribution in [0.3, 0.4) is 0 Å². The molecule has 0 amide bonds. The summed E-state index contributed by atoms with van der Waals surface area (Å²) in [6, 6.07) is 10.4. The molecular formula is C22H22F4N4. The quantitative estimate of drug-likeness (QED) is 0.604. The number of halogens is 4. The molecule has 2 unspecified atom stereocenters. The maximum absolute atomic E-state index is 13.7. The van der Waals surface area contributed by atoms with E-state index in [0.29, 0.717) is 5.52 Å². The highest BCUT2D eigenvalue weighted by atomic mass is 19.4. The Morgan fingerprint density at radius 1 is 1.13 bits per heavy atom. The first-order chi connectivity index (χ1) is 14.1. The summed E-state index contributed by atoms with van der Waals surface area (Å²) >= 11 is 0. The number of anilines is 1. The van der Waals surface area contributed by atoms with E-state index in [4.69, 9.17) is 5.73 Å². The van der Waals surface area contributed by atoms with Crippen LogP contribution in [0.5, 0.6) is 0 Å². The number of para-hydroxylation sites is 2. The minimum absolute atomic E-state index is 0.0394. The van der Waals surface area contributed by atoms with E-state index >= 15 is 0 Å². The van der Waals surface area contributed by atoms with E-state index in [9.17, 15) is 17.6 Å². The number of nitrogens with zero attached hydrogens (tertiary/aromatic N) is 3. The van der Waals surface area contributed by atoms with Gasteiger partial charge >= 0.3 is 6.18 Å². The zero-order chi connectivity index (χ0) is 21.6. The van der Waals surface area contributed by atoms with Crippen molar-refractivity contribution in [3.8, 4) is 0 Å². The molecule has 0 aliphatic carbocycles. The Labute approximate surface area is 171 Å². The van der Waals surface area contributed by atoms with Gasteiger partial charge in [0, 0.05) is 36.4 Å². The van der Waals surface area contributed by atoms with Crippen LogP contribution in [0, 0.1) is 5.82 Å². The second-order valence-corrected chi connectivity index (χ2v) is 7.70. The summed E-state index contributed by atoms with van der Waals surface area (Å²) in [5.74, 6) is -1.24. The Bertz CT molecular complexity index is 1120. The van der Waals surface area contributed by atoms with Gasteiger partial charge < -0.3 is 15.2 Å². The monoisotopic (exact) mass is 418 g/mol. The SMILES string of the molecule is CC1=CC(C)c2cc(F)ccc2N1CC(N)Cn1c(C(F)(F)F)nc2ccccc21. The predicted molar refractivity (Wildman–Crippen MR) is 109 cm³/mol. The first-order valence-electron chi connectivity index (χ1n) is 9.68. The van der Waals surface area contributed by atoms with Gasteiger partial charge in [0.1, 0.15) is 5.82 Å². The van der Waals surface area contributed by atoms with Crippen molar-refractivity contribution in [3.63, 3.8) is 0 Å². The Hall–Kier alpha value is -2.87. The molecule has 2 N–H and O–H groups in total. The molecule has 8 heteroatoms. The normalized spacial score (nSPS) is 17.8.